The van der Waals surface area contributed by atoms with E-state index in [4.69, 9.17) is 21.7 Å². The molecule has 4 atom stereocenters. The lowest BCUT2D eigenvalue weighted by Crippen LogP contribution is -2.56. The highest BCUT2D eigenvalue weighted by molar-refractivity contribution is 5.94. The summed E-state index contributed by atoms with van der Waals surface area (Å²) < 4.78 is 0. The second kappa shape index (κ2) is 13.2. The molecule has 0 saturated heterocycles. The number of aliphatic carboxylic acids is 2. The Hall–Kier alpha value is -3.22. The van der Waals surface area contributed by atoms with Gasteiger partial charge >= 0.3 is 11.9 Å². The number of carboxylic acid groups (broad SMARTS) is 2. The molecular weight excluding hydrogens is 414 g/mol. The predicted octanol–water partition coefficient (Wildman–Crippen LogP) is -2.34. The molecule has 0 fully saturated rings. The third kappa shape index (κ3) is 10.9. The largest absolute Gasteiger partial charge is 0.481 e. The van der Waals surface area contributed by atoms with Crippen LogP contribution in [0.5, 0.6) is 0 Å². The number of rotatable bonds is 14. The summed E-state index contributed by atoms with van der Waals surface area (Å²) in [6.07, 6.45) is -1.18. The molecule has 0 aromatic carbocycles. The fraction of sp³-hybridized carbons (Fsp3) is 0.667. The summed E-state index contributed by atoms with van der Waals surface area (Å²) in [4.78, 5) is 69.8. The molecule has 13 nitrogen and oxygen atoms in total. The van der Waals surface area contributed by atoms with Gasteiger partial charge in [0.1, 0.15) is 18.1 Å². The Balaban J connectivity index is 5.12. The van der Waals surface area contributed by atoms with E-state index >= 15 is 0 Å². The first-order chi connectivity index (χ1) is 14.3. The van der Waals surface area contributed by atoms with Crippen LogP contribution >= 0.6 is 0 Å². The molecule has 0 aromatic rings. The van der Waals surface area contributed by atoms with Crippen LogP contribution in [0.1, 0.15) is 46.5 Å². The van der Waals surface area contributed by atoms with Crippen LogP contribution < -0.4 is 27.4 Å². The van der Waals surface area contributed by atoms with Crippen molar-refractivity contribution in [1.29, 1.82) is 0 Å². The number of nitrogens with one attached hydrogen (secondary N) is 3. The Kier molecular flexibility index (Phi) is 11.8. The van der Waals surface area contributed by atoms with E-state index in [1.807, 2.05) is 0 Å². The van der Waals surface area contributed by atoms with E-state index in [2.05, 4.69) is 16.0 Å². The molecule has 0 rings (SSSR count). The molecule has 0 unspecified atom stereocenters. The number of hydrogen-bond acceptors (Lipinski definition) is 7. The minimum atomic E-state index is -1.40. The van der Waals surface area contributed by atoms with E-state index < -0.39 is 66.2 Å². The molecule has 0 radical (unpaired) electrons. The molecule has 0 spiro atoms. The van der Waals surface area contributed by atoms with Gasteiger partial charge < -0.3 is 37.6 Å². The van der Waals surface area contributed by atoms with Crippen molar-refractivity contribution in [2.75, 3.05) is 0 Å². The van der Waals surface area contributed by atoms with Gasteiger partial charge in [0, 0.05) is 12.8 Å². The van der Waals surface area contributed by atoms with Gasteiger partial charge in [0.15, 0.2) is 0 Å². The first-order valence-electron chi connectivity index (χ1n) is 9.65. The molecule has 0 saturated carbocycles. The van der Waals surface area contributed by atoms with Gasteiger partial charge in [-0.15, -0.1) is 0 Å². The fourth-order valence-corrected chi connectivity index (χ4v) is 2.33. The average Bonchev–Trinajstić information content (AvgIpc) is 2.66. The Labute approximate surface area is 179 Å². The van der Waals surface area contributed by atoms with Crippen LogP contribution in [-0.4, -0.2) is 69.9 Å². The number of primary amides is 1. The van der Waals surface area contributed by atoms with Crippen molar-refractivity contribution in [2.45, 2.75) is 70.6 Å². The molecule has 0 heterocycles. The van der Waals surface area contributed by atoms with Crippen molar-refractivity contribution in [3.63, 3.8) is 0 Å². The van der Waals surface area contributed by atoms with Crippen LogP contribution in [0.15, 0.2) is 0 Å². The van der Waals surface area contributed by atoms with Gasteiger partial charge in [-0.2, -0.15) is 0 Å². The third-order valence-electron chi connectivity index (χ3n) is 4.35. The van der Waals surface area contributed by atoms with E-state index in [9.17, 15) is 28.8 Å². The summed E-state index contributed by atoms with van der Waals surface area (Å²) in [5.41, 5.74) is 10.7. The molecule has 0 aliphatic rings. The smallest absolute Gasteiger partial charge is 0.326 e. The van der Waals surface area contributed by atoms with Crippen LogP contribution in [0.3, 0.4) is 0 Å². The predicted molar refractivity (Wildman–Crippen MR) is 107 cm³/mol. The molecular formula is C18H31N5O8. The fourth-order valence-electron chi connectivity index (χ4n) is 2.33. The van der Waals surface area contributed by atoms with Crippen molar-refractivity contribution in [2.24, 2.45) is 17.4 Å². The lowest BCUT2D eigenvalue weighted by Gasteiger charge is -2.24. The highest BCUT2D eigenvalue weighted by Crippen LogP contribution is 2.04. The minimum Gasteiger partial charge on any atom is -0.481 e. The molecule has 0 aromatic heterocycles. The van der Waals surface area contributed by atoms with Crippen molar-refractivity contribution in [1.82, 2.24) is 16.0 Å². The van der Waals surface area contributed by atoms with Gasteiger partial charge in [-0.05, 0) is 25.7 Å². The zero-order valence-electron chi connectivity index (χ0n) is 17.7. The zero-order chi connectivity index (χ0) is 24.3. The van der Waals surface area contributed by atoms with Gasteiger partial charge in [0.2, 0.25) is 23.6 Å². The van der Waals surface area contributed by atoms with Crippen molar-refractivity contribution < 1.29 is 39.0 Å². The normalized spacial score (nSPS) is 14.6. The van der Waals surface area contributed by atoms with Crippen molar-refractivity contribution in [3.05, 3.63) is 0 Å². The van der Waals surface area contributed by atoms with E-state index in [1.165, 1.54) is 6.92 Å². The van der Waals surface area contributed by atoms with Crippen LogP contribution in [-0.2, 0) is 28.8 Å². The van der Waals surface area contributed by atoms with Gasteiger partial charge in [0.05, 0.1) is 6.04 Å². The van der Waals surface area contributed by atoms with Crippen LogP contribution in [0.4, 0.5) is 0 Å². The summed E-state index contributed by atoms with van der Waals surface area (Å²) in [7, 11) is 0. The summed E-state index contributed by atoms with van der Waals surface area (Å²) >= 11 is 0. The summed E-state index contributed by atoms with van der Waals surface area (Å²) in [5, 5.41) is 24.9. The van der Waals surface area contributed by atoms with Gasteiger partial charge in [-0.1, -0.05) is 13.8 Å². The van der Waals surface area contributed by atoms with Gasteiger partial charge in [-0.25, -0.2) is 4.79 Å². The van der Waals surface area contributed by atoms with Crippen molar-refractivity contribution >= 4 is 35.6 Å². The van der Waals surface area contributed by atoms with Crippen molar-refractivity contribution in [3.8, 4) is 0 Å². The second-order valence-electron chi connectivity index (χ2n) is 7.40. The molecule has 0 aliphatic carbocycles. The quantitative estimate of drug-likeness (QED) is 0.151. The highest BCUT2D eigenvalue weighted by atomic mass is 16.4. The molecule has 31 heavy (non-hydrogen) atoms. The van der Waals surface area contributed by atoms with Gasteiger partial charge in [-0.3, -0.25) is 24.0 Å². The first-order valence-corrected chi connectivity index (χ1v) is 9.65. The molecule has 0 bridgehead atoms. The number of carbonyl (C=O) groups excluding carboxylic acids is 4. The number of carbonyl (C=O) groups is 6. The Morgan fingerprint density at radius 2 is 1.29 bits per heavy atom. The Morgan fingerprint density at radius 3 is 1.74 bits per heavy atom. The maximum Gasteiger partial charge on any atom is 0.326 e. The topological polar surface area (TPSA) is 231 Å². The number of hydrogen-bond donors (Lipinski definition) is 7. The number of nitrogens with two attached hydrogens (primary N) is 2. The summed E-state index contributed by atoms with van der Waals surface area (Å²) in [6.45, 7) is 4.66. The summed E-state index contributed by atoms with van der Waals surface area (Å²) in [6, 6.07) is -4.81. The molecule has 4 amide bonds. The molecule has 9 N–H and O–H groups in total. The zero-order valence-corrected chi connectivity index (χ0v) is 17.7. The molecule has 0 aliphatic heterocycles. The standard InChI is InChI=1S/C18H31N5O8/c1-8(2)14(20)17(29)22-10(5-7-13(25)26)16(28)21-9(3)15(27)23-11(18(30)31)4-6-12(19)24/h8-11,14H,4-7,20H2,1-3H3,(H2,19,24)(H,21,28)(H,22,29)(H,23,27)(H,25,26)(H,30,31)/t9-,10-,11-,14-/m0/s1. The maximum absolute atomic E-state index is 12.5. The summed E-state index contributed by atoms with van der Waals surface area (Å²) in [5.74, 6) is -5.90. The third-order valence-corrected chi connectivity index (χ3v) is 4.35. The lowest BCUT2D eigenvalue weighted by molar-refractivity contribution is -0.142. The van der Waals surface area contributed by atoms with Gasteiger partial charge in [0.25, 0.3) is 0 Å². The van der Waals surface area contributed by atoms with E-state index in [0.29, 0.717) is 0 Å². The average molecular weight is 445 g/mol. The minimum absolute atomic E-state index is 0.235. The van der Waals surface area contributed by atoms with E-state index in [-0.39, 0.29) is 25.2 Å². The monoisotopic (exact) mass is 445 g/mol. The molecule has 13 heteroatoms. The van der Waals surface area contributed by atoms with Crippen LogP contribution in [0.2, 0.25) is 0 Å². The Bertz CT molecular complexity index is 696. The van der Waals surface area contributed by atoms with Crippen LogP contribution in [0.25, 0.3) is 0 Å². The first kappa shape index (κ1) is 27.8. The Morgan fingerprint density at radius 1 is 0.774 bits per heavy atom. The SMILES string of the molecule is CC(C)[C@H](N)C(=O)N[C@@H](CCC(=O)O)C(=O)N[C@@H](C)C(=O)N[C@@H](CCC(N)=O)C(=O)O. The number of carboxylic acids is 2. The van der Waals surface area contributed by atoms with E-state index in [1.54, 1.807) is 13.8 Å². The second-order valence-corrected chi connectivity index (χ2v) is 7.40. The highest BCUT2D eigenvalue weighted by Gasteiger charge is 2.29. The number of amides is 4. The lowest BCUT2D eigenvalue weighted by atomic mass is 10.0. The van der Waals surface area contributed by atoms with Crippen LogP contribution in [0, 0.1) is 5.92 Å². The maximum atomic E-state index is 12.5. The van der Waals surface area contributed by atoms with E-state index in [0.717, 1.165) is 0 Å². The molecule has 176 valence electrons.